The fourth-order valence-corrected chi connectivity index (χ4v) is 2.65. The van der Waals surface area contributed by atoms with E-state index >= 15 is 0 Å². The molecule has 0 saturated heterocycles. The predicted octanol–water partition coefficient (Wildman–Crippen LogP) is 3.52. The Morgan fingerprint density at radius 3 is 2.29 bits per heavy atom. The van der Waals surface area contributed by atoms with Crippen molar-refractivity contribution in [1.29, 1.82) is 0 Å². The second-order valence-corrected chi connectivity index (χ2v) is 5.89. The van der Waals surface area contributed by atoms with Crippen molar-refractivity contribution >= 4 is 0 Å². The largest absolute Gasteiger partial charge is 0.316 e. The first-order valence-electron chi connectivity index (χ1n) is 7.40. The molecule has 0 radical (unpaired) electrons. The van der Waals surface area contributed by atoms with Crippen molar-refractivity contribution in [3.63, 3.8) is 0 Å². The molecule has 0 rings (SSSR count). The van der Waals surface area contributed by atoms with Crippen LogP contribution in [0.4, 0.5) is 0 Å². The molecule has 2 heteroatoms. The summed E-state index contributed by atoms with van der Waals surface area (Å²) in [7, 11) is 2.28. The average Bonchev–Trinajstić information content (AvgIpc) is 2.27. The molecule has 17 heavy (non-hydrogen) atoms. The Kier molecular flexibility index (Phi) is 8.89. The summed E-state index contributed by atoms with van der Waals surface area (Å²) in [6.07, 6.45) is 5.17. The minimum Gasteiger partial charge on any atom is -0.316 e. The number of rotatable bonds is 10. The fourth-order valence-electron chi connectivity index (χ4n) is 2.65. The summed E-state index contributed by atoms with van der Waals surface area (Å²) in [5.41, 5.74) is 0.418. The molecule has 2 atom stereocenters. The number of hydrogen-bond acceptors (Lipinski definition) is 2. The SMILES string of the molecule is CCCC(C)N(C)CC(C)(CCC)CNCC. The lowest BCUT2D eigenvalue weighted by Gasteiger charge is -2.36. The Morgan fingerprint density at radius 2 is 1.82 bits per heavy atom. The van der Waals surface area contributed by atoms with E-state index in [1.165, 1.54) is 32.2 Å². The molecule has 0 heterocycles. The van der Waals surface area contributed by atoms with Gasteiger partial charge in [0.1, 0.15) is 0 Å². The molecular formula is C15H34N2. The van der Waals surface area contributed by atoms with Crippen LogP contribution in [0.2, 0.25) is 0 Å². The highest BCUT2D eigenvalue weighted by molar-refractivity contribution is 4.81. The zero-order valence-electron chi connectivity index (χ0n) is 13.0. The van der Waals surface area contributed by atoms with Gasteiger partial charge >= 0.3 is 0 Å². The Labute approximate surface area is 109 Å². The van der Waals surface area contributed by atoms with E-state index in [2.05, 4.69) is 51.9 Å². The Hall–Kier alpha value is -0.0800. The van der Waals surface area contributed by atoms with Gasteiger partial charge in [-0.15, -0.1) is 0 Å². The van der Waals surface area contributed by atoms with Crippen LogP contribution in [0.1, 0.15) is 60.3 Å². The standard InChI is InChI=1S/C15H34N2/c1-7-10-14(4)17(6)13-15(5,11-8-2)12-16-9-3/h14,16H,7-13H2,1-6H3. The molecule has 0 amide bonds. The molecule has 2 nitrogen and oxygen atoms in total. The number of nitrogens with zero attached hydrogens (tertiary/aromatic N) is 1. The normalized spacial score (nSPS) is 17.1. The van der Waals surface area contributed by atoms with E-state index in [0.29, 0.717) is 11.5 Å². The highest BCUT2D eigenvalue weighted by Gasteiger charge is 2.26. The quantitative estimate of drug-likeness (QED) is 0.630. The van der Waals surface area contributed by atoms with E-state index in [1.54, 1.807) is 0 Å². The van der Waals surface area contributed by atoms with Gasteiger partial charge in [-0.2, -0.15) is 0 Å². The van der Waals surface area contributed by atoms with Gasteiger partial charge in [0.2, 0.25) is 0 Å². The van der Waals surface area contributed by atoms with E-state index in [9.17, 15) is 0 Å². The van der Waals surface area contributed by atoms with Gasteiger partial charge in [0.05, 0.1) is 0 Å². The van der Waals surface area contributed by atoms with Gasteiger partial charge in [0, 0.05) is 19.1 Å². The van der Waals surface area contributed by atoms with Crippen molar-refractivity contribution in [3.05, 3.63) is 0 Å². The highest BCUT2D eigenvalue weighted by atomic mass is 15.1. The van der Waals surface area contributed by atoms with Gasteiger partial charge in [0.25, 0.3) is 0 Å². The molecule has 0 saturated carbocycles. The summed E-state index contributed by atoms with van der Waals surface area (Å²) < 4.78 is 0. The third-order valence-electron chi connectivity index (χ3n) is 3.75. The molecule has 0 spiro atoms. The monoisotopic (exact) mass is 242 g/mol. The van der Waals surface area contributed by atoms with Gasteiger partial charge in [-0.05, 0) is 38.8 Å². The van der Waals surface area contributed by atoms with Crippen LogP contribution >= 0.6 is 0 Å². The second-order valence-electron chi connectivity index (χ2n) is 5.89. The average molecular weight is 242 g/mol. The smallest absolute Gasteiger partial charge is 0.00640 e. The first-order chi connectivity index (χ1) is 7.99. The maximum absolute atomic E-state index is 3.52. The van der Waals surface area contributed by atoms with Crippen molar-refractivity contribution < 1.29 is 0 Å². The summed E-state index contributed by atoms with van der Waals surface area (Å²) in [6.45, 7) is 14.9. The van der Waals surface area contributed by atoms with Crippen LogP contribution in [0.3, 0.4) is 0 Å². The molecule has 0 bridgehead atoms. The van der Waals surface area contributed by atoms with Gasteiger partial charge in [-0.25, -0.2) is 0 Å². The van der Waals surface area contributed by atoms with Crippen molar-refractivity contribution in [3.8, 4) is 0 Å². The van der Waals surface area contributed by atoms with Gasteiger partial charge in [-0.1, -0.05) is 40.5 Å². The molecule has 1 N–H and O–H groups in total. The fraction of sp³-hybridized carbons (Fsp3) is 1.00. The van der Waals surface area contributed by atoms with E-state index < -0.39 is 0 Å². The van der Waals surface area contributed by atoms with E-state index in [0.717, 1.165) is 13.1 Å². The van der Waals surface area contributed by atoms with Gasteiger partial charge < -0.3 is 10.2 Å². The Bertz CT molecular complexity index is 182. The number of hydrogen-bond donors (Lipinski definition) is 1. The summed E-state index contributed by atoms with van der Waals surface area (Å²) in [5, 5.41) is 3.52. The molecule has 104 valence electrons. The number of nitrogens with one attached hydrogen (secondary N) is 1. The van der Waals surface area contributed by atoms with Crippen LogP contribution in [0.25, 0.3) is 0 Å². The van der Waals surface area contributed by atoms with Gasteiger partial charge in [0.15, 0.2) is 0 Å². The van der Waals surface area contributed by atoms with E-state index in [4.69, 9.17) is 0 Å². The van der Waals surface area contributed by atoms with Crippen LogP contribution < -0.4 is 5.32 Å². The van der Waals surface area contributed by atoms with Crippen LogP contribution in [-0.4, -0.2) is 37.6 Å². The topological polar surface area (TPSA) is 15.3 Å². The third kappa shape index (κ3) is 7.05. The summed E-state index contributed by atoms with van der Waals surface area (Å²) in [6, 6.07) is 0.706. The van der Waals surface area contributed by atoms with Crippen LogP contribution in [0, 0.1) is 5.41 Å². The second kappa shape index (κ2) is 8.93. The molecule has 0 aromatic heterocycles. The maximum atomic E-state index is 3.52. The van der Waals surface area contributed by atoms with Crippen LogP contribution in [0.15, 0.2) is 0 Å². The Balaban J connectivity index is 4.30. The summed E-state index contributed by atoms with van der Waals surface area (Å²) in [5.74, 6) is 0. The lowest BCUT2D eigenvalue weighted by molar-refractivity contribution is 0.138. The van der Waals surface area contributed by atoms with Crippen LogP contribution in [-0.2, 0) is 0 Å². The Morgan fingerprint density at radius 1 is 1.18 bits per heavy atom. The van der Waals surface area contributed by atoms with Crippen molar-refractivity contribution in [1.82, 2.24) is 10.2 Å². The molecular weight excluding hydrogens is 208 g/mol. The molecule has 0 aromatic carbocycles. The van der Waals surface area contributed by atoms with Gasteiger partial charge in [-0.3, -0.25) is 0 Å². The van der Waals surface area contributed by atoms with Crippen molar-refractivity contribution in [2.24, 2.45) is 5.41 Å². The molecule has 0 aliphatic carbocycles. The van der Waals surface area contributed by atoms with Crippen LogP contribution in [0.5, 0.6) is 0 Å². The predicted molar refractivity (Wildman–Crippen MR) is 78.6 cm³/mol. The zero-order valence-corrected chi connectivity index (χ0v) is 13.0. The molecule has 0 aromatic rings. The molecule has 2 unspecified atom stereocenters. The minimum absolute atomic E-state index is 0.418. The van der Waals surface area contributed by atoms with Crippen molar-refractivity contribution in [2.75, 3.05) is 26.7 Å². The lowest BCUT2D eigenvalue weighted by atomic mass is 9.84. The molecule has 0 aliphatic rings. The first-order valence-corrected chi connectivity index (χ1v) is 7.40. The van der Waals surface area contributed by atoms with Crippen molar-refractivity contribution in [2.45, 2.75) is 66.3 Å². The third-order valence-corrected chi connectivity index (χ3v) is 3.75. The highest BCUT2D eigenvalue weighted by Crippen LogP contribution is 2.24. The maximum Gasteiger partial charge on any atom is 0.00640 e. The lowest BCUT2D eigenvalue weighted by Crippen LogP contribution is -2.43. The summed E-state index contributed by atoms with van der Waals surface area (Å²) >= 11 is 0. The molecule has 0 fully saturated rings. The minimum atomic E-state index is 0.418. The van der Waals surface area contributed by atoms with E-state index in [1.807, 2.05) is 0 Å². The zero-order chi connectivity index (χ0) is 13.3. The first kappa shape index (κ1) is 16.9. The van der Waals surface area contributed by atoms with E-state index in [-0.39, 0.29) is 0 Å². The molecule has 0 aliphatic heterocycles. The summed E-state index contributed by atoms with van der Waals surface area (Å²) in [4.78, 5) is 2.54.